The van der Waals surface area contributed by atoms with Gasteiger partial charge in [-0.05, 0) is 103 Å². The molecule has 0 N–H and O–H groups in total. The molecule has 0 aromatic rings. The van der Waals surface area contributed by atoms with Crippen LogP contribution in [0.4, 0.5) is 0 Å². The van der Waals surface area contributed by atoms with E-state index in [9.17, 15) is 14.4 Å². The highest BCUT2D eigenvalue weighted by atomic mass is 16.6. The second-order valence-electron chi connectivity index (χ2n) is 18.1. The highest BCUT2D eigenvalue weighted by Crippen LogP contribution is 2.14. The summed E-state index contributed by atoms with van der Waals surface area (Å²) < 4.78 is 16.7. The number of ether oxygens (including phenoxy) is 3. The third-order valence-corrected chi connectivity index (χ3v) is 11.6. The average Bonchev–Trinajstić information content (AvgIpc) is 3.33. The van der Waals surface area contributed by atoms with Crippen molar-refractivity contribution in [2.24, 2.45) is 0 Å². The molecule has 6 heteroatoms. The number of hydrogen-bond donors (Lipinski definition) is 0. The van der Waals surface area contributed by atoms with Crippen LogP contribution in [0, 0.1) is 0 Å². The summed E-state index contributed by atoms with van der Waals surface area (Å²) in [4.78, 5) is 38.0. The molecular weight excluding hydrogens is 829 g/mol. The molecule has 0 saturated carbocycles. The Morgan fingerprint density at radius 3 is 1.09 bits per heavy atom. The first-order valence-electron chi connectivity index (χ1n) is 27.7. The maximum absolute atomic E-state index is 12.8. The van der Waals surface area contributed by atoms with Crippen molar-refractivity contribution in [1.82, 2.24) is 0 Å². The number of allylic oxidation sites excluding steroid dienone is 15. The van der Waals surface area contributed by atoms with Gasteiger partial charge >= 0.3 is 17.9 Å². The lowest BCUT2D eigenvalue weighted by Gasteiger charge is -2.18. The van der Waals surface area contributed by atoms with E-state index in [2.05, 4.69) is 106 Å². The molecule has 0 saturated heterocycles. The molecule has 67 heavy (non-hydrogen) atoms. The fourth-order valence-electron chi connectivity index (χ4n) is 7.42. The standard InChI is InChI=1S/C61H102O6/c1-4-7-10-13-16-19-22-25-28-30-33-36-39-42-45-48-51-54-60(63)66-57-58(56-65-59(62)53-50-47-44-41-38-35-32-27-24-21-18-15-12-9-6-3)67-61(64)55-52-49-46-43-40-37-34-31-29-26-23-20-17-14-11-8-5-2/h9,12,16,18-19,21,25-29,32,38,41,47,50,58H,4-8,10-11,13-15,17,20,22-24,30-31,33-37,39-40,42-46,48-49,51-57H2,1-3H3/b12-9-,19-16-,21-18-,28-25-,29-26-,32-27-,41-38-,50-47-. The molecule has 0 spiro atoms. The van der Waals surface area contributed by atoms with Gasteiger partial charge in [-0.25, -0.2) is 0 Å². The van der Waals surface area contributed by atoms with E-state index in [1.807, 2.05) is 6.08 Å². The Hall–Kier alpha value is -3.67. The van der Waals surface area contributed by atoms with Crippen molar-refractivity contribution in [2.75, 3.05) is 13.2 Å². The highest BCUT2D eigenvalue weighted by Gasteiger charge is 2.19. The van der Waals surface area contributed by atoms with E-state index in [1.165, 1.54) is 128 Å². The molecule has 1 atom stereocenters. The molecule has 0 rings (SSSR count). The molecule has 0 amide bonds. The Labute approximate surface area is 413 Å². The van der Waals surface area contributed by atoms with Gasteiger partial charge in [-0.2, -0.15) is 0 Å². The molecule has 0 fully saturated rings. The second-order valence-corrected chi connectivity index (χ2v) is 18.1. The van der Waals surface area contributed by atoms with Crippen LogP contribution in [0.5, 0.6) is 0 Å². The zero-order valence-electron chi connectivity index (χ0n) is 43.6. The molecule has 382 valence electrons. The monoisotopic (exact) mass is 931 g/mol. The number of unbranched alkanes of at least 4 members (excludes halogenated alkanes) is 23. The Morgan fingerprint density at radius 2 is 0.642 bits per heavy atom. The van der Waals surface area contributed by atoms with Gasteiger partial charge in [0.15, 0.2) is 6.10 Å². The second kappa shape index (κ2) is 54.9. The first-order chi connectivity index (χ1) is 33.0. The molecule has 0 aliphatic heterocycles. The Morgan fingerprint density at radius 1 is 0.328 bits per heavy atom. The van der Waals surface area contributed by atoms with Gasteiger partial charge < -0.3 is 14.2 Å². The van der Waals surface area contributed by atoms with Crippen molar-refractivity contribution >= 4 is 17.9 Å². The van der Waals surface area contributed by atoms with Crippen LogP contribution < -0.4 is 0 Å². The van der Waals surface area contributed by atoms with Gasteiger partial charge in [-0.15, -0.1) is 0 Å². The molecule has 0 aliphatic carbocycles. The van der Waals surface area contributed by atoms with E-state index in [4.69, 9.17) is 14.2 Å². The van der Waals surface area contributed by atoms with Crippen molar-refractivity contribution in [3.05, 3.63) is 97.2 Å². The van der Waals surface area contributed by atoms with Gasteiger partial charge in [0.25, 0.3) is 0 Å². The summed E-state index contributed by atoms with van der Waals surface area (Å²) in [6.45, 7) is 6.40. The summed E-state index contributed by atoms with van der Waals surface area (Å²) in [5.74, 6) is -1.06. The molecule has 1 unspecified atom stereocenters. The van der Waals surface area contributed by atoms with Crippen molar-refractivity contribution in [2.45, 2.75) is 258 Å². The number of rotatable bonds is 49. The fraction of sp³-hybridized carbons (Fsp3) is 0.689. The Balaban J connectivity index is 4.51. The van der Waals surface area contributed by atoms with E-state index in [0.29, 0.717) is 12.8 Å². The maximum atomic E-state index is 12.8. The third kappa shape index (κ3) is 53.2. The van der Waals surface area contributed by atoms with E-state index in [0.717, 1.165) is 83.5 Å². The summed E-state index contributed by atoms with van der Waals surface area (Å²) in [7, 11) is 0. The van der Waals surface area contributed by atoms with E-state index < -0.39 is 12.1 Å². The van der Waals surface area contributed by atoms with Crippen LogP contribution in [-0.4, -0.2) is 37.2 Å². The minimum absolute atomic E-state index is 0.114. The van der Waals surface area contributed by atoms with Gasteiger partial charge in [0.05, 0.1) is 6.42 Å². The van der Waals surface area contributed by atoms with Crippen molar-refractivity contribution < 1.29 is 28.6 Å². The van der Waals surface area contributed by atoms with E-state index in [1.54, 1.807) is 6.08 Å². The molecule has 0 aromatic carbocycles. The number of carbonyl (C=O) groups excluding carboxylic acids is 3. The molecule has 0 aromatic heterocycles. The minimum atomic E-state index is -0.824. The van der Waals surface area contributed by atoms with Crippen LogP contribution in [0.15, 0.2) is 97.2 Å². The van der Waals surface area contributed by atoms with Crippen LogP contribution >= 0.6 is 0 Å². The van der Waals surface area contributed by atoms with Crippen LogP contribution in [-0.2, 0) is 28.6 Å². The SMILES string of the molecule is CC/C=C\C/C=C\C/C=C\C/C=C\C/C=C\CC(=O)OCC(COC(=O)CCCCCCCCC/C=C\C/C=C\CCCCC)OC(=O)CCCCCCCCC/C=C\CCCCCCCC. The van der Waals surface area contributed by atoms with Crippen LogP contribution in [0.3, 0.4) is 0 Å². The molecular formula is C61H102O6. The van der Waals surface area contributed by atoms with Crippen LogP contribution in [0.2, 0.25) is 0 Å². The lowest BCUT2D eigenvalue weighted by Crippen LogP contribution is -2.30. The predicted octanol–water partition coefficient (Wildman–Crippen LogP) is 18.5. The number of carbonyl (C=O) groups is 3. The Bertz CT molecular complexity index is 1350. The van der Waals surface area contributed by atoms with Gasteiger partial charge in [-0.3, -0.25) is 14.4 Å². The summed E-state index contributed by atoms with van der Waals surface area (Å²) in [5, 5.41) is 0. The average molecular weight is 931 g/mol. The summed E-state index contributed by atoms with van der Waals surface area (Å²) >= 11 is 0. The summed E-state index contributed by atoms with van der Waals surface area (Å²) in [5.41, 5.74) is 0. The first kappa shape index (κ1) is 63.3. The van der Waals surface area contributed by atoms with Crippen molar-refractivity contribution in [1.29, 1.82) is 0 Å². The molecule has 0 heterocycles. The fourth-order valence-corrected chi connectivity index (χ4v) is 7.42. The highest BCUT2D eigenvalue weighted by molar-refractivity contribution is 5.72. The normalized spacial score (nSPS) is 12.8. The van der Waals surface area contributed by atoms with Gasteiger partial charge in [-0.1, -0.05) is 227 Å². The largest absolute Gasteiger partial charge is 0.462 e. The Kier molecular flexibility index (Phi) is 51.9. The van der Waals surface area contributed by atoms with Crippen LogP contribution in [0.25, 0.3) is 0 Å². The zero-order chi connectivity index (χ0) is 48.6. The molecule has 0 radical (unpaired) electrons. The quantitative estimate of drug-likeness (QED) is 0.0262. The molecule has 0 bridgehead atoms. The topological polar surface area (TPSA) is 78.9 Å². The van der Waals surface area contributed by atoms with E-state index in [-0.39, 0.29) is 31.6 Å². The zero-order valence-corrected chi connectivity index (χ0v) is 43.6. The predicted molar refractivity (Wildman–Crippen MR) is 288 cm³/mol. The maximum Gasteiger partial charge on any atom is 0.309 e. The number of hydrogen-bond acceptors (Lipinski definition) is 6. The van der Waals surface area contributed by atoms with Crippen molar-refractivity contribution in [3.63, 3.8) is 0 Å². The lowest BCUT2D eigenvalue weighted by molar-refractivity contribution is -0.166. The first-order valence-corrected chi connectivity index (χ1v) is 27.7. The van der Waals surface area contributed by atoms with Gasteiger partial charge in [0.2, 0.25) is 0 Å². The van der Waals surface area contributed by atoms with Gasteiger partial charge in [0.1, 0.15) is 13.2 Å². The van der Waals surface area contributed by atoms with Crippen LogP contribution in [0.1, 0.15) is 252 Å². The molecule has 6 nitrogen and oxygen atoms in total. The minimum Gasteiger partial charge on any atom is -0.462 e. The van der Waals surface area contributed by atoms with Gasteiger partial charge in [0, 0.05) is 12.8 Å². The molecule has 0 aliphatic rings. The number of esters is 3. The smallest absolute Gasteiger partial charge is 0.309 e. The summed E-state index contributed by atoms with van der Waals surface area (Å²) in [6, 6.07) is 0. The summed E-state index contributed by atoms with van der Waals surface area (Å²) in [6.07, 6.45) is 72.7. The van der Waals surface area contributed by atoms with E-state index >= 15 is 0 Å². The lowest BCUT2D eigenvalue weighted by atomic mass is 10.1. The third-order valence-electron chi connectivity index (χ3n) is 11.6. The van der Waals surface area contributed by atoms with Crippen molar-refractivity contribution in [3.8, 4) is 0 Å².